The molecule has 1 rings (SSSR count). The SMILES string of the molecule is CC[C@H](C)[C@H](NC(=O)CN)C(=O)N[C@@H](CCSC)C(=O)N[C@@H](CO)C(=O)N[C@@H](CO)C(=O)N[C@@H](CC(C)C)C(=O)N[C@@H](CCSC)C(=O)N[C@@H](CCCCN)C(=O)N[C@@H](CCCCN)C(=O)N[C@@H](CC(C)C)C(=O)N[C@@H](C)C(=O)N[C@@H](C)C(=O)N[C@@H](Cc1cnc[nH]1)C(=O)N[C@H](C(=O)N[C@@H](CCCCN)C(=O)N[C@@H](CCCCN)C(N)=O)[C@@H](C)CC. The molecule has 0 aliphatic rings. The maximum atomic E-state index is 14.6. The smallest absolute Gasteiger partial charge is 0.245 e. The monoisotopic (exact) mass is 1750 g/mol. The fourth-order valence-electron chi connectivity index (χ4n) is 12.4. The lowest BCUT2D eigenvalue weighted by Gasteiger charge is -2.29. The van der Waals surface area contributed by atoms with Crippen molar-refractivity contribution >= 4 is 118 Å². The second-order valence-electron chi connectivity index (χ2n) is 31.1. The van der Waals surface area contributed by atoms with Gasteiger partial charge in [-0.05, 0) is 190 Å². The van der Waals surface area contributed by atoms with Crippen molar-refractivity contribution in [3.05, 3.63) is 18.2 Å². The van der Waals surface area contributed by atoms with Gasteiger partial charge in [-0.3, -0.25) is 76.7 Å². The van der Waals surface area contributed by atoms with Gasteiger partial charge in [0.25, 0.3) is 0 Å². The fraction of sp³-hybridized carbons (Fsp3) is 0.756. The van der Waals surface area contributed by atoms with Crippen LogP contribution < -0.4 is 114 Å². The first kappa shape index (κ1) is 110. The minimum absolute atomic E-state index is 0.00640. The number of aliphatic hydroxyl groups is 2. The summed E-state index contributed by atoms with van der Waals surface area (Å²) in [5, 5.41) is 60.0. The number of thioether (sulfide) groups is 2. The van der Waals surface area contributed by atoms with Crippen LogP contribution in [0.3, 0.4) is 0 Å². The molecule has 1 heterocycles. The van der Waals surface area contributed by atoms with Crippen LogP contribution in [0.25, 0.3) is 0 Å². The Labute approximate surface area is 719 Å². The third-order valence-electron chi connectivity index (χ3n) is 20.1. The first-order valence-corrected chi connectivity index (χ1v) is 44.7. The number of nitrogens with two attached hydrogens (primary N) is 6. The third kappa shape index (κ3) is 42.7. The first-order valence-electron chi connectivity index (χ1n) is 41.9. The molecule has 1 aromatic rings. The number of aliphatic hydroxyl groups excluding tert-OH is 2. The molecule has 121 heavy (non-hydrogen) atoms. The third-order valence-corrected chi connectivity index (χ3v) is 21.3. The summed E-state index contributed by atoms with van der Waals surface area (Å²) >= 11 is 2.68. The Morgan fingerprint density at radius 1 is 0.364 bits per heavy atom. The van der Waals surface area contributed by atoms with Crippen molar-refractivity contribution in [3.8, 4) is 0 Å². The highest BCUT2D eigenvalue weighted by atomic mass is 32.2. The number of carbonyl (C=O) groups excluding carboxylic acids is 16. The van der Waals surface area contributed by atoms with Crippen molar-refractivity contribution < 1.29 is 86.9 Å². The molecule has 17 atom stereocenters. The number of unbranched alkanes of at least 4 members (excludes halogenated alkanes) is 4. The van der Waals surface area contributed by atoms with Crippen molar-refractivity contribution in [3.63, 3.8) is 0 Å². The molecule has 0 aromatic carbocycles. The highest BCUT2D eigenvalue weighted by Crippen LogP contribution is 2.17. The largest absolute Gasteiger partial charge is 0.394 e. The van der Waals surface area contributed by atoms with Crippen LogP contribution in [0.1, 0.15) is 191 Å². The molecule has 0 aliphatic heterocycles. The molecule has 0 bridgehead atoms. The number of carbonyl (C=O) groups is 16. The van der Waals surface area contributed by atoms with Crippen molar-refractivity contribution in [2.75, 3.05) is 70.0 Å². The number of nitrogens with zero attached hydrogens (tertiary/aromatic N) is 1. The van der Waals surface area contributed by atoms with E-state index in [-0.39, 0.29) is 88.6 Å². The number of rotatable bonds is 65. The molecule has 0 unspecified atom stereocenters. The van der Waals surface area contributed by atoms with Crippen LogP contribution in [0.5, 0.6) is 0 Å². The molecule has 0 radical (unpaired) electrons. The molecule has 0 fully saturated rings. The molecule has 0 aliphatic carbocycles. The number of amides is 16. The quantitative estimate of drug-likeness (QED) is 0.0271. The minimum atomic E-state index is -1.78. The van der Waals surface area contributed by atoms with E-state index in [1.165, 1.54) is 49.9 Å². The van der Waals surface area contributed by atoms with Crippen molar-refractivity contribution in [1.82, 2.24) is 89.7 Å². The summed E-state index contributed by atoms with van der Waals surface area (Å²) in [6.07, 6.45) is 10.7. The number of H-pyrrole nitrogens is 1. The molecule has 690 valence electrons. The molecular formula is C78H143N23O18S2. The predicted molar refractivity (Wildman–Crippen MR) is 460 cm³/mol. The Kier molecular flexibility index (Phi) is 55.9. The van der Waals surface area contributed by atoms with Gasteiger partial charge in [-0.2, -0.15) is 23.5 Å². The molecule has 0 saturated heterocycles. The van der Waals surface area contributed by atoms with E-state index in [9.17, 15) is 86.9 Å². The maximum absolute atomic E-state index is 14.6. The average molecular weight is 1760 g/mol. The molecule has 1 aromatic heterocycles. The van der Waals surface area contributed by atoms with Gasteiger partial charge >= 0.3 is 0 Å². The standard InChI is InChI=1S/C78H143N23O18S2/c1-13-45(7)62(100-61(104)38-83)77(118)94-55(28-34-121-12)71(112)98-60(41-103)76(117)99-59(40-102)75(116)97-57(36-44(5)6)73(114)92-54(27-33-120-11)70(111)91-51(24-16-20-30-80)68(109)90-52(25-17-21-31-81)69(110)96-56(35-43(3)4)72(113)88-47(9)65(106)87-48(10)66(107)95-58(37-49-39-85-42-86-49)74(115)101-63(46(8)14-2)78(119)93-53(26-18-22-32-82)67(108)89-50(64(84)105)23-15-19-29-79/h39,42-48,50-60,62-63,102-103H,13-38,40-41,79-83H2,1-12H3,(H2,84,105)(H,85,86)(H,87,106)(H,88,113)(H,89,108)(H,90,109)(H,91,111)(H,92,114)(H,93,119)(H,94,118)(H,95,107)(H,96,110)(H,97,116)(H,98,112)(H,99,117)(H,100,104)(H,101,115)/t45-,46-,47-,48-,50-,51-,52-,53-,54-,55-,56-,57-,58-,59-,60-,62-,63-/m0/s1. The van der Waals surface area contributed by atoms with Crippen molar-refractivity contribution in [1.29, 1.82) is 0 Å². The van der Waals surface area contributed by atoms with Crippen LogP contribution in [-0.2, 0) is 83.1 Å². The fourth-order valence-corrected chi connectivity index (χ4v) is 13.3. The summed E-state index contributed by atoms with van der Waals surface area (Å²) in [6, 6.07) is -20.3. The summed E-state index contributed by atoms with van der Waals surface area (Å²) < 4.78 is 0. The second-order valence-corrected chi connectivity index (χ2v) is 33.1. The van der Waals surface area contributed by atoms with Gasteiger partial charge in [0.1, 0.15) is 90.6 Å². The number of aromatic amines is 1. The van der Waals surface area contributed by atoms with Crippen molar-refractivity contribution in [2.24, 2.45) is 58.1 Å². The molecule has 0 saturated carbocycles. The zero-order valence-electron chi connectivity index (χ0n) is 72.6. The summed E-state index contributed by atoms with van der Waals surface area (Å²) in [4.78, 5) is 229. The minimum Gasteiger partial charge on any atom is -0.394 e. The van der Waals surface area contributed by atoms with Gasteiger partial charge in [0.15, 0.2) is 0 Å². The van der Waals surface area contributed by atoms with Crippen LogP contribution in [0, 0.1) is 23.7 Å². The molecule has 30 N–H and O–H groups in total. The zero-order valence-corrected chi connectivity index (χ0v) is 74.2. The van der Waals surface area contributed by atoms with Gasteiger partial charge in [0.05, 0.1) is 26.1 Å². The van der Waals surface area contributed by atoms with Gasteiger partial charge in [-0.15, -0.1) is 0 Å². The first-order chi connectivity index (χ1) is 57.4. The van der Waals surface area contributed by atoms with Gasteiger partial charge < -0.3 is 129 Å². The molecule has 43 heteroatoms. The normalized spacial score (nSPS) is 15.5. The average Bonchev–Trinajstić information content (AvgIpc) is 1.03. The second kappa shape index (κ2) is 61.4. The van der Waals surface area contributed by atoms with E-state index < -0.39 is 211 Å². The summed E-state index contributed by atoms with van der Waals surface area (Å²) in [5.74, 6) is -14.1. The highest BCUT2D eigenvalue weighted by molar-refractivity contribution is 7.98. The Hall–Kier alpha value is -8.85. The topological polar surface area (TPSA) is 679 Å². The maximum Gasteiger partial charge on any atom is 0.245 e. The number of nitrogens with one attached hydrogen (secondary N) is 16. The highest BCUT2D eigenvalue weighted by Gasteiger charge is 2.39. The molecule has 0 spiro atoms. The van der Waals surface area contributed by atoms with Crippen LogP contribution in [0.2, 0.25) is 0 Å². The molecular weight excluding hydrogens is 1610 g/mol. The number of hydrogen-bond donors (Lipinski definition) is 24. The van der Waals surface area contributed by atoms with E-state index in [2.05, 4.69) is 89.7 Å². The molecule has 16 amide bonds. The van der Waals surface area contributed by atoms with E-state index in [0.717, 1.165) is 0 Å². The van der Waals surface area contributed by atoms with Gasteiger partial charge in [-0.25, -0.2) is 4.98 Å². The Morgan fingerprint density at radius 2 is 0.653 bits per heavy atom. The molecule has 41 nitrogen and oxygen atoms in total. The van der Waals surface area contributed by atoms with Crippen LogP contribution >= 0.6 is 23.5 Å². The van der Waals surface area contributed by atoms with Gasteiger partial charge in [0.2, 0.25) is 94.5 Å². The number of hydrogen-bond acceptors (Lipinski definition) is 26. The Morgan fingerprint density at radius 3 is 0.983 bits per heavy atom. The van der Waals surface area contributed by atoms with Crippen LogP contribution in [0.4, 0.5) is 0 Å². The number of imidazole rings is 1. The van der Waals surface area contributed by atoms with E-state index in [1.54, 1.807) is 67.9 Å². The lowest BCUT2D eigenvalue weighted by Crippen LogP contribution is -2.62. The van der Waals surface area contributed by atoms with E-state index in [4.69, 9.17) is 34.4 Å². The zero-order chi connectivity index (χ0) is 91.4. The van der Waals surface area contributed by atoms with Gasteiger partial charge in [-0.1, -0.05) is 68.2 Å². The number of aromatic nitrogens is 2. The summed E-state index contributed by atoms with van der Waals surface area (Å²) in [6.45, 7) is 15.3. The van der Waals surface area contributed by atoms with Crippen molar-refractivity contribution in [2.45, 2.75) is 282 Å². The Bertz CT molecular complexity index is 3390. The lowest BCUT2D eigenvalue weighted by atomic mass is 9.96. The predicted octanol–water partition coefficient (Wildman–Crippen LogP) is -5.10. The summed E-state index contributed by atoms with van der Waals surface area (Å²) in [5.41, 5.74) is 34.6. The van der Waals surface area contributed by atoms with Crippen LogP contribution in [-0.4, -0.2) is 275 Å². The lowest BCUT2D eigenvalue weighted by molar-refractivity contribution is -0.137. The van der Waals surface area contributed by atoms with E-state index in [1.807, 2.05) is 0 Å². The van der Waals surface area contributed by atoms with Crippen LogP contribution in [0.15, 0.2) is 12.5 Å². The summed E-state index contributed by atoms with van der Waals surface area (Å²) in [7, 11) is 0. The van der Waals surface area contributed by atoms with E-state index >= 15 is 0 Å². The van der Waals surface area contributed by atoms with Gasteiger partial charge in [0, 0.05) is 18.3 Å². The van der Waals surface area contributed by atoms with E-state index in [0.29, 0.717) is 94.5 Å². The Balaban J connectivity index is 3.51. The number of primary amides is 1.